The summed E-state index contributed by atoms with van der Waals surface area (Å²) in [6.45, 7) is 2.70. The third kappa shape index (κ3) is 5.34. The summed E-state index contributed by atoms with van der Waals surface area (Å²) in [5.41, 5.74) is 5.89. The average Bonchev–Trinajstić information content (AvgIpc) is 2.99. The number of carbonyl (C=O) groups excluding carboxylic acids is 3. The van der Waals surface area contributed by atoms with Crippen molar-refractivity contribution in [2.24, 2.45) is 5.73 Å². The Balaban J connectivity index is 1.80. The van der Waals surface area contributed by atoms with Crippen molar-refractivity contribution in [3.8, 4) is 5.88 Å². The molecule has 132 valence electrons. The van der Waals surface area contributed by atoms with Gasteiger partial charge in [0.15, 0.2) is 12.7 Å². The molecule has 9 nitrogen and oxygen atoms in total. The summed E-state index contributed by atoms with van der Waals surface area (Å²) in [4.78, 5) is 34.7. The van der Waals surface area contributed by atoms with Crippen LogP contribution in [-0.4, -0.2) is 35.7 Å². The summed E-state index contributed by atoms with van der Waals surface area (Å²) in [5.74, 6) is -1.13. The van der Waals surface area contributed by atoms with E-state index in [1.165, 1.54) is 37.3 Å². The van der Waals surface area contributed by atoms with Gasteiger partial charge in [-0.1, -0.05) is 0 Å². The average molecular weight is 347 g/mol. The Morgan fingerprint density at radius 2 is 1.96 bits per heavy atom. The Morgan fingerprint density at radius 3 is 2.52 bits per heavy atom. The number of esters is 1. The first-order valence-corrected chi connectivity index (χ1v) is 7.31. The van der Waals surface area contributed by atoms with Gasteiger partial charge in [0.2, 0.25) is 5.91 Å². The van der Waals surface area contributed by atoms with Crippen molar-refractivity contribution in [3.05, 3.63) is 41.7 Å². The maximum absolute atomic E-state index is 12.0. The lowest BCUT2D eigenvalue weighted by Crippen LogP contribution is -2.31. The van der Waals surface area contributed by atoms with Crippen molar-refractivity contribution >= 4 is 23.5 Å². The lowest BCUT2D eigenvalue weighted by Gasteiger charge is -2.13. The highest BCUT2D eigenvalue weighted by Gasteiger charge is 2.18. The highest BCUT2D eigenvalue weighted by atomic mass is 16.6. The smallest absolute Gasteiger partial charge is 0.345 e. The molecule has 0 saturated carbocycles. The molecule has 3 N–H and O–H groups in total. The summed E-state index contributed by atoms with van der Waals surface area (Å²) >= 11 is 0. The number of hydrogen-bond donors (Lipinski definition) is 2. The highest BCUT2D eigenvalue weighted by Crippen LogP contribution is 2.11. The van der Waals surface area contributed by atoms with Gasteiger partial charge in [-0.25, -0.2) is 4.79 Å². The van der Waals surface area contributed by atoms with Crippen LogP contribution in [0.1, 0.15) is 23.0 Å². The van der Waals surface area contributed by atoms with Crippen LogP contribution in [0.5, 0.6) is 5.88 Å². The van der Waals surface area contributed by atoms with E-state index in [2.05, 4.69) is 10.5 Å². The molecule has 1 aromatic carbocycles. The number of benzene rings is 1. The van der Waals surface area contributed by atoms with E-state index in [-0.39, 0.29) is 5.88 Å². The second-order valence-corrected chi connectivity index (χ2v) is 5.13. The van der Waals surface area contributed by atoms with Gasteiger partial charge in [-0.3, -0.25) is 9.59 Å². The van der Waals surface area contributed by atoms with Crippen molar-refractivity contribution in [2.45, 2.75) is 20.0 Å². The van der Waals surface area contributed by atoms with Gasteiger partial charge in [-0.15, -0.1) is 0 Å². The molecule has 0 aliphatic carbocycles. The molecule has 0 radical (unpaired) electrons. The normalized spacial score (nSPS) is 11.4. The summed E-state index contributed by atoms with van der Waals surface area (Å²) in [7, 11) is 0. The molecule has 2 amide bonds. The van der Waals surface area contributed by atoms with Crippen molar-refractivity contribution in [1.82, 2.24) is 5.16 Å². The van der Waals surface area contributed by atoms with Gasteiger partial charge >= 0.3 is 5.97 Å². The van der Waals surface area contributed by atoms with Crippen LogP contribution in [0, 0.1) is 6.92 Å². The van der Waals surface area contributed by atoms with E-state index < -0.39 is 30.5 Å². The molecule has 1 heterocycles. The van der Waals surface area contributed by atoms with E-state index >= 15 is 0 Å². The first kappa shape index (κ1) is 18.0. The number of nitrogens with zero attached hydrogens (tertiary/aromatic N) is 1. The Labute approximate surface area is 143 Å². The number of ether oxygens (including phenoxy) is 2. The van der Waals surface area contributed by atoms with Crippen molar-refractivity contribution in [3.63, 3.8) is 0 Å². The molecule has 0 unspecified atom stereocenters. The van der Waals surface area contributed by atoms with Crippen LogP contribution in [0.15, 0.2) is 34.9 Å². The second-order valence-electron chi connectivity index (χ2n) is 5.13. The highest BCUT2D eigenvalue weighted by molar-refractivity contribution is 5.96. The Kier molecular flexibility index (Phi) is 5.72. The monoisotopic (exact) mass is 347 g/mol. The number of nitrogens with two attached hydrogens (primary N) is 1. The van der Waals surface area contributed by atoms with Crippen molar-refractivity contribution < 1.29 is 28.4 Å². The Bertz CT molecular complexity index is 768. The fourth-order valence-electron chi connectivity index (χ4n) is 1.79. The standard InChI is InChI=1S/C16H17N3O6/c1-9-7-13(19-25-9)23-8-14(20)24-10(2)16(22)18-12-5-3-11(4-6-12)15(17)21/h3-7,10H,8H2,1-2H3,(H2,17,21)(H,18,22)/t10-/m0/s1. The fraction of sp³-hybridized carbons (Fsp3) is 0.250. The van der Waals surface area contributed by atoms with E-state index in [4.69, 9.17) is 19.7 Å². The van der Waals surface area contributed by atoms with Crippen LogP contribution in [0.4, 0.5) is 5.69 Å². The third-order valence-corrected chi connectivity index (χ3v) is 3.06. The quantitative estimate of drug-likeness (QED) is 0.714. The van der Waals surface area contributed by atoms with Gasteiger partial charge < -0.3 is 25.0 Å². The summed E-state index contributed by atoms with van der Waals surface area (Å²) < 4.78 is 14.8. The molecular weight excluding hydrogens is 330 g/mol. The molecule has 25 heavy (non-hydrogen) atoms. The van der Waals surface area contributed by atoms with Gasteiger partial charge in [-0.2, -0.15) is 0 Å². The topological polar surface area (TPSA) is 134 Å². The zero-order chi connectivity index (χ0) is 18.4. The number of rotatable bonds is 7. The maximum Gasteiger partial charge on any atom is 0.345 e. The first-order chi connectivity index (χ1) is 11.8. The van der Waals surface area contributed by atoms with E-state index in [9.17, 15) is 14.4 Å². The van der Waals surface area contributed by atoms with Crippen LogP contribution in [0.25, 0.3) is 0 Å². The number of aryl methyl sites for hydroxylation is 1. The lowest BCUT2D eigenvalue weighted by atomic mass is 10.2. The van der Waals surface area contributed by atoms with Gasteiger partial charge in [0.05, 0.1) is 0 Å². The van der Waals surface area contributed by atoms with Crippen LogP contribution in [-0.2, 0) is 14.3 Å². The largest absolute Gasteiger partial charge is 0.463 e. The maximum atomic E-state index is 12.0. The minimum Gasteiger partial charge on any atom is -0.463 e. The zero-order valence-corrected chi connectivity index (χ0v) is 13.6. The minimum atomic E-state index is -1.04. The molecule has 1 atom stereocenters. The second kappa shape index (κ2) is 7.95. The SMILES string of the molecule is Cc1cc(OCC(=O)O[C@@H](C)C(=O)Nc2ccc(C(N)=O)cc2)no1. The summed E-state index contributed by atoms with van der Waals surface area (Å²) in [6, 6.07) is 7.50. The number of nitrogens with one attached hydrogen (secondary N) is 1. The zero-order valence-electron chi connectivity index (χ0n) is 13.6. The predicted molar refractivity (Wildman–Crippen MR) is 85.9 cm³/mol. The molecule has 0 saturated heterocycles. The summed E-state index contributed by atoms with van der Waals surface area (Å²) in [6.07, 6.45) is -1.04. The van der Waals surface area contributed by atoms with Crippen LogP contribution in [0.2, 0.25) is 0 Å². The number of carbonyl (C=O) groups is 3. The van der Waals surface area contributed by atoms with Crippen LogP contribution >= 0.6 is 0 Å². The molecule has 0 fully saturated rings. The van der Waals surface area contributed by atoms with E-state index in [0.717, 1.165) is 0 Å². The molecule has 2 rings (SSSR count). The number of amides is 2. The minimum absolute atomic E-state index is 0.154. The van der Waals surface area contributed by atoms with E-state index in [0.29, 0.717) is 17.0 Å². The van der Waals surface area contributed by atoms with Crippen LogP contribution in [0.3, 0.4) is 0 Å². The number of primary amides is 1. The Morgan fingerprint density at radius 1 is 1.28 bits per heavy atom. The first-order valence-electron chi connectivity index (χ1n) is 7.31. The van der Waals surface area contributed by atoms with E-state index in [1.54, 1.807) is 6.92 Å². The Hall–Kier alpha value is -3.36. The van der Waals surface area contributed by atoms with Crippen molar-refractivity contribution in [1.29, 1.82) is 0 Å². The molecule has 2 aromatic rings. The van der Waals surface area contributed by atoms with Gasteiger partial charge in [0, 0.05) is 17.3 Å². The molecule has 0 aliphatic rings. The molecular formula is C16H17N3O6. The van der Waals surface area contributed by atoms with Crippen molar-refractivity contribution in [2.75, 3.05) is 11.9 Å². The molecule has 0 spiro atoms. The van der Waals surface area contributed by atoms with Gasteiger partial charge in [0.25, 0.3) is 11.8 Å². The third-order valence-electron chi connectivity index (χ3n) is 3.06. The molecule has 1 aromatic heterocycles. The summed E-state index contributed by atoms with van der Waals surface area (Å²) in [5, 5.41) is 6.11. The lowest BCUT2D eigenvalue weighted by molar-refractivity contribution is -0.155. The van der Waals surface area contributed by atoms with E-state index in [1.807, 2.05) is 0 Å². The molecule has 0 bridgehead atoms. The molecule has 9 heteroatoms. The molecule has 0 aliphatic heterocycles. The van der Waals surface area contributed by atoms with Crippen LogP contribution < -0.4 is 15.8 Å². The number of hydrogen-bond acceptors (Lipinski definition) is 7. The predicted octanol–water partition coefficient (Wildman–Crippen LogP) is 1.03. The van der Waals surface area contributed by atoms with Gasteiger partial charge in [-0.05, 0) is 43.3 Å². The number of anilines is 1. The number of aromatic nitrogens is 1. The van der Waals surface area contributed by atoms with Gasteiger partial charge in [0.1, 0.15) is 5.76 Å². The fourth-order valence-corrected chi connectivity index (χ4v) is 1.79.